The Bertz CT molecular complexity index is 276. The molecule has 0 saturated heterocycles. The third-order valence-corrected chi connectivity index (χ3v) is 1.89. The van der Waals surface area contributed by atoms with E-state index < -0.39 is 0 Å². The lowest BCUT2D eigenvalue weighted by Gasteiger charge is -2.14. The molecule has 13 heavy (non-hydrogen) atoms. The highest BCUT2D eigenvalue weighted by atomic mass is 35.5. The molecular formula is C9H11ClN2O. The van der Waals surface area contributed by atoms with E-state index in [4.69, 9.17) is 11.6 Å². The molecule has 0 aliphatic heterocycles. The molecule has 4 heteroatoms. The lowest BCUT2D eigenvalue weighted by molar-refractivity contribution is -0.127. The SMILES string of the molecule is CN(Cc1ccccn1)C(=O)CCl. The van der Waals surface area contributed by atoms with E-state index in [-0.39, 0.29) is 11.8 Å². The molecule has 0 unspecified atom stereocenters. The Kier molecular flexibility index (Phi) is 3.71. The van der Waals surface area contributed by atoms with Crippen LogP contribution in [0.2, 0.25) is 0 Å². The summed E-state index contributed by atoms with van der Waals surface area (Å²) in [6.45, 7) is 0.506. The van der Waals surface area contributed by atoms with E-state index >= 15 is 0 Å². The Morgan fingerprint density at radius 2 is 2.38 bits per heavy atom. The molecule has 0 spiro atoms. The van der Waals surface area contributed by atoms with Crippen LogP contribution >= 0.6 is 11.6 Å². The second-order valence-corrected chi connectivity index (χ2v) is 2.97. The fourth-order valence-corrected chi connectivity index (χ4v) is 1.13. The van der Waals surface area contributed by atoms with Gasteiger partial charge in [0.1, 0.15) is 5.88 Å². The van der Waals surface area contributed by atoms with Gasteiger partial charge in [0.05, 0.1) is 12.2 Å². The van der Waals surface area contributed by atoms with Crippen LogP contribution in [0.15, 0.2) is 24.4 Å². The molecule has 1 amide bonds. The zero-order valence-corrected chi connectivity index (χ0v) is 8.16. The molecule has 0 aromatic carbocycles. The molecule has 0 aliphatic carbocycles. The van der Waals surface area contributed by atoms with E-state index in [0.29, 0.717) is 6.54 Å². The van der Waals surface area contributed by atoms with Gasteiger partial charge in [0.15, 0.2) is 0 Å². The van der Waals surface area contributed by atoms with E-state index in [1.54, 1.807) is 18.1 Å². The first-order valence-corrected chi connectivity index (χ1v) is 4.47. The summed E-state index contributed by atoms with van der Waals surface area (Å²) in [7, 11) is 1.71. The molecule has 70 valence electrons. The van der Waals surface area contributed by atoms with E-state index in [2.05, 4.69) is 4.98 Å². The fraction of sp³-hybridized carbons (Fsp3) is 0.333. The molecule has 1 heterocycles. The minimum Gasteiger partial charge on any atom is -0.339 e. The lowest BCUT2D eigenvalue weighted by Crippen LogP contribution is -2.27. The maximum atomic E-state index is 11.1. The first kappa shape index (κ1) is 9.99. The van der Waals surface area contributed by atoms with E-state index in [1.807, 2.05) is 18.2 Å². The zero-order valence-electron chi connectivity index (χ0n) is 7.40. The van der Waals surface area contributed by atoms with Gasteiger partial charge in [0.25, 0.3) is 0 Å². The number of hydrogen-bond donors (Lipinski definition) is 0. The largest absolute Gasteiger partial charge is 0.339 e. The van der Waals surface area contributed by atoms with Crippen molar-refractivity contribution in [3.63, 3.8) is 0 Å². The molecule has 0 atom stereocenters. The van der Waals surface area contributed by atoms with Crippen LogP contribution in [-0.2, 0) is 11.3 Å². The highest BCUT2D eigenvalue weighted by Crippen LogP contribution is 1.99. The van der Waals surface area contributed by atoms with Gasteiger partial charge in [0, 0.05) is 13.2 Å². The Hall–Kier alpha value is -1.09. The third-order valence-electron chi connectivity index (χ3n) is 1.67. The molecular weight excluding hydrogens is 188 g/mol. The average molecular weight is 199 g/mol. The first-order chi connectivity index (χ1) is 6.24. The van der Waals surface area contributed by atoms with Crippen LogP contribution in [0.25, 0.3) is 0 Å². The average Bonchev–Trinajstić information content (AvgIpc) is 2.18. The second kappa shape index (κ2) is 4.82. The normalized spacial score (nSPS) is 9.69. The molecule has 0 aliphatic rings. The van der Waals surface area contributed by atoms with Crippen molar-refractivity contribution in [3.8, 4) is 0 Å². The van der Waals surface area contributed by atoms with Gasteiger partial charge in [-0.05, 0) is 12.1 Å². The summed E-state index contributed by atoms with van der Waals surface area (Å²) in [5.41, 5.74) is 0.864. The summed E-state index contributed by atoms with van der Waals surface area (Å²) >= 11 is 5.40. The van der Waals surface area contributed by atoms with Gasteiger partial charge in [-0.15, -0.1) is 11.6 Å². The number of carbonyl (C=O) groups excluding carboxylic acids is 1. The van der Waals surface area contributed by atoms with Crippen molar-refractivity contribution in [2.75, 3.05) is 12.9 Å². The van der Waals surface area contributed by atoms with Crippen LogP contribution in [0.1, 0.15) is 5.69 Å². The predicted molar refractivity (Wildman–Crippen MR) is 51.4 cm³/mol. The number of carbonyl (C=O) groups is 1. The van der Waals surface area contributed by atoms with Gasteiger partial charge in [-0.3, -0.25) is 9.78 Å². The fourth-order valence-electron chi connectivity index (χ4n) is 0.925. The van der Waals surface area contributed by atoms with Crippen LogP contribution in [0.5, 0.6) is 0 Å². The molecule has 0 fully saturated rings. The van der Waals surface area contributed by atoms with Crippen molar-refractivity contribution < 1.29 is 4.79 Å². The quantitative estimate of drug-likeness (QED) is 0.686. The second-order valence-electron chi connectivity index (χ2n) is 2.70. The Morgan fingerprint density at radius 3 is 2.92 bits per heavy atom. The maximum absolute atomic E-state index is 11.1. The standard InChI is InChI=1S/C9H11ClN2O/c1-12(9(13)6-10)7-8-4-2-3-5-11-8/h2-5H,6-7H2,1H3. The number of pyridine rings is 1. The minimum atomic E-state index is -0.0904. The topological polar surface area (TPSA) is 33.2 Å². The number of halogens is 1. The number of alkyl halides is 1. The van der Waals surface area contributed by atoms with Gasteiger partial charge >= 0.3 is 0 Å². The van der Waals surface area contributed by atoms with Crippen molar-refractivity contribution in [2.45, 2.75) is 6.54 Å². The highest BCUT2D eigenvalue weighted by Gasteiger charge is 2.06. The Balaban J connectivity index is 2.55. The monoisotopic (exact) mass is 198 g/mol. The van der Waals surface area contributed by atoms with Gasteiger partial charge in [0.2, 0.25) is 5.91 Å². The minimum absolute atomic E-state index is 0.0172. The van der Waals surface area contributed by atoms with E-state index in [1.165, 1.54) is 0 Å². The molecule has 0 bridgehead atoms. The van der Waals surface area contributed by atoms with E-state index in [0.717, 1.165) is 5.69 Å². The van der Waals surface area contributed by atoms with Crippen LogP contribution in [0.3, 0.4) is 0 Å². The zero-order chi connectivity index (χ0) is 9.68. The maximum Gasteiger partial charge on any atom is 0.237 e. The molecule has 1 rings (SSSR count). The third kappa shape index (κ3) is 3.03. The van der Waals surface area contributed by atoms with Crippen molar-refractivity contribution in [2.24, 2.45) is 0 Å². The lowest BCUT2D eigenvalue weighted by atomic mass is 10.3. The summed E-state index contributed by atoms with van der Waals surface area (Å²) in [5.74, 6) is -0.0732. The summed E-state index contributed by atoms with van der Waals surface area (Å²) in [6, 6.07) is 5.60. The number of rotatable bonds is 3. The number of amides is 1. The Morgan fingerprint density at radius 1 is 1.62 bits per heavy atom. The summed E-state index contributed by atoms with van der Waals surface area (Å²) < 4.78 is 0. The molecule has 1 aromatic heterocycles. The summed E-state index contributed by atoms with van der Waals surface area (Å²) in [6.07, 6.45) is 1.70. The van der Waals surface area contributed by atoms with Gasteiger partial charge < -0.3 is 4.90 Å². The van der Waals surface area contributed by atoms with Crippen molar-refractivity contribution in [1.29, 1.82) is 0 Å². The molecule has 0 radical (unpaired) electrons. The van der Waals surface area contributed by atoms with Gasteiger partial charge in [-0.1, -0.05) is 6.07 Å². The van der Waals surface area contributed by atoms with Gasteiger partial charge in [-0.2, -0.15) is 0 Å². The summed E-state index contributed by atoms with van der Waals surface area (Å²) in [5, 5.41) is 0. The molecule has 3 nitrogen and oxygen atoms in total. The molecule has 0 N–H and O–H groups in total. The van der Waals surface area contributed by atoms with Crippen LogP contribution in [0, 0.1) is 0 Å². The molecule has 1 aromatic rings. The van der Waals surface area contributed by atoms with Gasteiger partial charge in [-0.25, -0.2) is 0 Å². The molecule has 0 saturated carbocycles. The number of hydrogen-bond acceptors (Lipinski definition) is 2. The first-order valence-electron chi connectivity index (χ1n) is 3.94. The predicted octanol–water partition coefficient (Wildman–Crippen LogP) is 1.28. The van der Waals surface area contributed by atoms with Crippen LogP contribution < -0.4 is 0 Å². The van der Waals surface area contributed by atoms with Crippen molar-refractivity contribution in [1.82, 2.24) is 9.88 Å². The van der Waals surface area contributed by atoms with Crippen LogP contribution in [-0.4, -0.2) is 28.7 Å². The highest BCUT2D eigenvalue weighted by molar-refractivity contribution is 6.27. The number of nitrogens with zero attached hydrogens (tertiary/aromatic N) is 2. The van der Waals surface area contributed by atoms with Crippen LogP contribution in [0.4, 0.5) is 0 Å². The van der Waals surface area contributed by atoms with Crippen molar-refractivity contribution in [3.05, 3.63) is 30.1 Å². The van der Waals surface area contributed by atoms with Crippen molar-refractivity contribution >= 4 is 17.5 Å². The summed E-state index contributed by atoms with van der Waals surface area (Å²) in [4.78, 5) is 16.7. The van der Waals surface area contributed by atoms with E-state index in [9.17, 15) is 4.79 Å². The Labute approximate surface area is 82.3 Å². The smallest absolute Gasteiger partial charge is 0.237 e. The number of aromatic nitrogens is 1.